The number of amides is 1. The molecule has 2 aromatic rings. The molecule has 3 N–H and O–H groups in total. The summed E-state index contributed by atoms with van der Waals surface area (Å²) < 4.78 is 0. The monoisotopic (exact) mass is 285 g/mol. The summed E-state index contributed by atoms with van der Waals surface area (Å²) in [6, 6.07) is 5.69. The van der Waals surface area contributed by atoms with Gasteiger partial charge in [0.2, 0.25) is 0 Å². The summed E-state index contributed by atoms with van der Waals surface area (Å²) in [6.07, 6.45) is 1.58. The summed E-state index contributed by atoms with van der Waals surface area (Å²) >= 11 is 1.37. The fraction of sp³-hybridized carbons (Fsp3) is 0.200. The number of aromatic nitrogens is 1. The lowest BCUT2D eigenvalue weighted by atomic mass is 10.1. The van der Waals surface area contributed by atoms with E-state index in [4.69, 9.17) is 5.73 Å². The summed E-state index contributed by atoms with van der Waals surface area (Å²) in [4.78, 5) is 16.7. The van der Waals surface area contributed by atoms with Crippen LogP contribution in [0, 0.1) is 25.7 Å². The number of carbonyl (C=O) groups is 1. The average Bonchev–Trinajstić information content (AvgIpc) is 2.82. The molecule has 20 heavy (non-hydrogen) atoms. The molecule has 0 unspecified atom stereocenters. The highest BCUT2D eigenvalue weighted by Gasteiger charge is 2.09. The van der Waals surface area contributed by atoms with E-state index in [1.54, 1.807) is 6.20 Å². The second-order valence-electron chi connectivity index (χ2n) is 4.29. The van der Waals surface area contributed by atoms with Crippen LogP contribution in [0.25, 0.3) is 0 Å². The van der Waals surface area contributed by atoms with E-state index in [0.29, 0.717) is 11.4 Å². The van der Waals surface area contributed by atoms with Crippen LogP contribution < -0.4 is 11.1 Å². The maximum Gasteiger partial charge on any atom is 0.267 e. The molecule has 102 valence electrons. The second kappa shape index (κ2) is 6.33. The van der Waals surface area contributed by atoms with Gasteiger partial charge in [-0.05, 0) is 37.6 Å². The summed E-state index contributed by atoms with van der Waals surface area (Å²) in [7, 11) is 0. The van der Waals surface area contributed by atoms with E-state index in [-0.39, 0.29) is 5.91 Å². The van der Waals surface area contributed by atoms with Gasteiger partial charge in [-0.1, -0.05) is 11.8 Å². The first kappa shape index (κ1) is 14.3. The molecule has 0 fully saturated rings. The van der Waals surface area contributed by atoms with E-state index in [1.165, 1.54) is 11.3 Å². The average molecular weight is 285 g/mol. The Hall–Kier alpha value is -2.16. The predicted molar refractivity (Wildman–Crippen MR) is 81.9 cm³/mol. The molecule has 0 atom stereocenters. The molecule has 0 saturated carbocycles. The minimum Gasteiger partial charge on any atom is -0.321 e. The molecule has 1 heterocycles. The highest BCUT2D eigenvalue weighted by atomic mass is 32.1. The Bertz CT molecular complexity index is 695. The van der Waals surface area contributed by atoms with Gasteiger partial charge in [0, 0.05) is 11.3 Å². The van der Waals surface area contributed by atoms with E-state index in [1.807, 2.05) is 32.0 Å². The number of thiazole rings is 1. The second-order valence-corrected chi connectivity index (χ2v) is 5.53. The van der Waals surface area contributed by atoms with Gasteiger partial charge in [0.05, 0.1) is 17.7 Å². The molecular weight excluding hydrogens is 270 g/mol. The van der Waals surface area contributed by atoms with Gasteiger partial charge in [-0.3, -0.25) is 4.79 Å². The van der Waals surface area contributed by atoms with E-state index >= 15 is 0 Å². The zero-order valence-corrected chi connectivity index (χ0v) is 12.2. The van der Waals surface area contributed by atoms with Gasteiger partial charge < -0.3 is 11.1 Å². The van der Waals surface area contributed by atoms with Crippen molar-refractivity contribution < 1.29 is 4.79 Å². The molecule has 0 spiro atoms. The summed E-state index contributed by atoms with van der Waals surface area (Å²) in [5, 5.41) is 3.73. The van der Waals surface area contributed by atoms with Crippen molar-refractivity contribution in [2.45, 2.75) is 13.8 Å². The van der Waals surface area contributed by atoms with Crippen LogP contribution in [-0.4, -0.2) is 17.4 Å². The maximum atomic E-state index is 12.1. The standard InChI is InChI=1S/C15H15N3OS/c1-10-6-12(4-3-5-16)8-13(7-10)18-15(19)14-9-17-11(2)20-14/h6-9H,5,16H2,1-2H3,(H,18,19). The van der Waals surface area contributed by atoms with E-state index in [9.17, 15) is 4.79 Å². The number of carbonyl (C=O) groups excluding carboxylic acids is 1. The van der Waals surface area contributed by atoms with Crippen molar-refractivity contribution in [2.24, 2.45) is 5.73 Å². The molecule has 0 aliphatic rings. The van der Waals surface area contributed by atoms with Gasteiger partial charge in [0.25, 0.3) is 5.91 Å². The van der Waals surface area contributed by atoms with Crippen molar-refractivity contribution in [1.82, 2.24) is 4.98 Å². The maximum absolute atomic E-state index is 12.1. The fourth-order valence-electron chi connectivity index (χ4n) is 1.74. The Labute approximate surface area is 122 Å². The van der Waals surface area contributed by atoms with Gasteiger partial charge in [-0.2, -0.15) is 0 Å². The number of hydrogen-bond donors (Lipinski definition) is 2. The summed E-state index contributed by atoms with van der Waals surface area (Å²) in [5.41, 5.74) is 7.96. The van der Waals surface area contributed by atoms with Crippen LogP contribution in [0.5, 0.6) is 0 Å². The zero-order chi connectivity index (χ0) is 14.5. The first-order valence-corrected chi connectivity index (χ1v) is 6.94. The molecule has 0 aliphatic carbocycles. The Morgan fingerprint density at radius 2 is 2.20 bits per heavy atom. The van der Waals surface area contributed by atoms with Gasteiger partial charge >= 0.3 is 0 Å². The molecule has 2 rings (SSSR count). The number of anilines is 1. The van der Waals surface area contributed by atoms with Gasteiger partial charge in [-0.15, -0.1) is 11.3 Å². The SMILES string of the molecule is Cc1cc(C#CCN)cc(NC(=O)c2cnc(C)s2)c1. The Morgan fingerprint density at radius 3 is 2.85 bits per heavy atom. The third-order valence-electron chi connectivity index (χ3n) is 2.52. The summed E-state index contributed by atoms with van der Waals surface area (Å²) in [5.74, 6) is 5.62. The fourth-order valence-corrected chi connectivity index (χ4v) is 2.41. The molecule has 0 saturated heterocycles. The molecule has 1 aromatic heterocycles. The van der Waals surface area contributed by atoms with Crippen LogP contribution in [0.4, 0.5) is 5.69 Å². The van der Waals surface area contributed by atoms with Gasteiger partial charge in [-0.25, -0.2) is 4.98 Å². The summed E-state index contributed by atoms with van der Waals surface area (Å²) in [6.45, 7) is 4.14. The number of nitrogens with zero attached hydrogens (tertiary/aromatic N) is 1. The zero-order valence-electron chi connectivity index (χ0n) is 11.4. The lowest BCUT2D eigenvalue weighted by molar-refractivity contribution is 0.103. The van der Waals surface area contributed by atoms with E-state index in [2.05, 4.69) is 22.1 Å². The van der Waals surface area contributed by atoms with Crippen molar-refractivity contribution in [2.75, 3.05) is 11.9 Å². The van der Waals surface area contributed by atoms with Gasteiger partial charge in [0.1, 0.15) is 4.88 Å². The molecule has 1 amide bonds. The molecule has 0 aliphatic heterocycles. The normalized spacial score (nSPS) is 9.75. The third kappa shape index (κ3) is 3.67. The van der Waals surface area contributed by atoms with Crippen molar-refractivity contribution in [3.05, 3.63) is 45.4 Å². The molecular formula is C15H15N3OS. The molecule has 1 aromatic carbocycles. The number of hydrogen-bond acceptors (Lipinski definition) is 4. The number of nitrogens with one attached hydrogen (secondary N) is 1. The van der Waals surface area contributed by atoms with E-state index in [0.717, 1.165) is 21.8 Å². The van der Waals surface area contributed by atoms with Crippen molar-refractivity contribution in [3.63, 3.8) is 0 Å². The van der Waals surface area contributed by atoms with Crippen molar-refractivity contribution in [1.29, 1.82) is 0 Å². The van der Waals surface area contributed by atoms with Crippen LogP contribution in [0.15, 0.2) is 24.4 Å². The number of aryl methyl sites for hydroxylation is 2. The number of rotatable bonds is 2. The third-order valence-corrected chi connectivity index (χ3v) is 3.43. The van der Waals surface area contributed by atoms with Gasteiger partial charge in [0.15, 0.2) is 0 Å². The van der Waals surface area contributed by atoms with Crippen LogP contribution in [0.3, 0.4) is 0 Å². The molecule has 0 radical (unpaired) electrons. The van der Waals surface area contributed by atoms with Crippen LogP contribution in [0.2, 0.25) is 0 Å². The van der Waals surface area contributed by atoms with Crippen LogP contribution >= 0.6 is 11.3 Å². The molecule has 5 heteroatoms. The minimum atomic E-state index is -0.154. The highest BCUT2D eigenvalue weighted by Crippen LogP contribution is 2.17. The largest absolute Gasteiger partial charge is 0.321 e. The van der Waals surface area contributed by atoms with Crippen LogP contribution in [0.1, 0.15) is 25.8 Å². The molecule has 4 nitrogen and oxygen atoms in total. The Kier molecular flexibility index (Phi) is 4.51. The predicted octanol–water partition coefficient (Wildman–Crippen LogP) is 2.32. The quantitative estimate of drug-likeness (QED) is 0.832. The highest BCUT2D eigenvalue weighted by molar-refractivity contribution is 7.13. The Morgan fingerprint density at radius 1 is 1.40 bits per heavy atom. The van der Waals surface area contributed by atoms with E-state index < -0.39 is 0 Å². The Balaban J connectivity index is 2.20. The first-order chi connectivity index (χ1) is 9.58. The number of nitrogens with two attached hydrogens (primary N) is 1. The smallest absolute Gasteiger partial charge is 0.267 e. The van der Waals surface area contributed by atoms with Crippen LogP contribution in [-0.2, 0) is 0 Å². The minimum absolute atomic E-state index is 0.154. The lowest BCUT2D eigenvalue weighted by Crippen LogP contribution is -2.10. The number of benzene rings is 1. The first-order valence-electron chi connectivity index (χ1n) is 6.13. The van der Waals surface area contributed by atoms with Crippen molar-refractivity contribution >= 4 is 22.9 Å². The van der Waals surface area contributed by atoms with Crippen molar-refractivity contribution in [3.8, 4) is 11.8 Å². The lowest BCUT2D eigenvalue weighted by Gasteiger charge is -2.05. The molecule has 0 bridgehead atoms. The topological polar surface area (TPSA) is 68.0 Å².